The van der Waals surface area contributed by atoms with Gasteiger partial charge in [-0.3, -0.25) is 4.79 Å². The molecular formula is C20H25NO3. The molecule has 0 saturated carbocycles. The van der Waals surface area contributed by atoms with Crippen molar-refractivity contribution in [3.8, 4) is 5.75 Å². The summed E-state index contributed by atoms with van der Waals surface area (Å²) in [5, 5.41) is 11.0. The Labute approximate surface area is 142 Å². The smallest absolute Gasteiger partial charge is 0.261 e. The molecule has 1 N–H and O–H groups in total. The van der Waals surface area contributed by atoms with E-state index < -0.39 is 5.60 Å². The van der Waals surface area contributed by atoms with Crippen LogP contribution >= 0.6 is 0 Å². The first kappa shape index (κ1) is 16.8. The molecule has 3 rings (SSSR count). The monoisotopic (exact) mass is 327 g/mol. The molecule has 24 heavy (non-hydrogen) atoms. The van der Waals surface area contributed by atoms with Gasteiger partial charge in [0, 0.05) is 12.4 Å². The van der Waals surface area contributed by atoms with Crippen molar-refractivity contribution in [3.05, 3.63) is 46.3 Å². The summed E-state index contributed by atoms with van der Waals surface area (Å²) in [6, 6.07) is 7.79. The molecule has 0 fully saturated rings. The number of ether oxygens (including phenoxy) is 1. The van der Waals surface area contributed by atoms with Crippen molar-refractivity contribution < 1.29 is 9.84 Å². The van der Waals surface area contributed by atoms with E-state index in [1.54, 1.807) is 11.6 Å². The molecule has 2 heterocycles. The van der Waals surface area contributed by atoms with Crippen LogP contribution in [0.2, 0.25) is 0 Å². The number of aliphatic hydroxyl groups excluding tert-OH is 1. The Hall–Kier alpha value is -2.07. The first-order chi connectivity index (χ1) is 11.3. The highest BCUT2D eigenvalue weighted by Gasteiger charge is 2.31. The second-order valence-electron chi connectivity index (χ2n) is 7.22. The van der Waals surface area contributed by atoms with E-state index in [1.807, 2.05) is 57.2 Å². The standard InChI is InChI=1S/C20H25NO3/c1-13(2)17(22)10-12-20(3)11-9-15-18(24-20)14-7-5-6-8-16(14)21(4)19(15)23/h5-9,11,13,17,22H,10,12H2,1-4H3/t17-,20+/m1/s1. The largest absolute Gasteiger partial charge is 0.482 e. The number of nitrogens with zero attached hydrogens (tertiary/aromatic N) is 1. The Morgan fingerprint density at radius 3 is 2.71 bits per heavy atom. The lowest BCUT2D eigenvalue weighted by atomic mass is 9.91. The van der Waals surface area contributed by atoms with Gasteiger partial charge in [-0.1, -0.05) is 26.0 Å². The quantitative estimate of drug-likeness (QED) is 0.935. The third-order valence-electron chi connectivity index (χ3n) is 4.93. The maximum atomic E-state index is 12.6. The first-order valence-electron chi connectivity index (χ1n) is 8.50. The summed E-state index contributed by atoms with van der Waals surface area (Å²) in [6.07, 6.45) is 4.83. The summed E-state index contributed by atoms with van der Waals surface area (Å²) in [5.74, 6) is 0.874. The molecule has 4 heteroatoms. The fraction of sp³-hybridized carbons (Fsp3) is 0.450. The molecule has 2 aromatic rings. The Balaban J connectivity index is 2.00. The molecule has 4 nitrogen and oxygen atoms in total. The third kappa shape index (κ3) is 2.86. The SMILES string of the molecule is CC(C)[C@H](O)CC[C@]1(C)C=Cc2c(c3ccccc3n(C)c2=O)O1. The van der Waals surface area contributed by atoms with E-state index in [2.05, 4.69) is 0 Å². The Morgan fingerprint density at radius 1 is 1.29 bits per heavy atom. The van der Waals surface area contributed by atoms with Crippen molar-refractivity contribution in [1.82, 2.24) is 4.57 Å². The molecule has 0 radical (unpaired) electrons. The van der Waals surface area contributed by atoms with E-state index in [-0.39, 0.29) is 17.6 Å². The van der Waals surface area contributed by atoms with Crippen molar-refractivity contribution in [1.29, 1.82) is 0 Å². The van der Waals surface area contributed by atoms with Gasteiger partial charge in [0.1, 0.15) is 11.4 Å². The lowest BCUT2D eigenvalue weighted by Crippen LogP contribution is -2.36. The second-order valence-corrected chi connectivity index (χ2v) is 7.22. The molecule has 0 amide bonds. The van der Waals surface area contributed by atoms with E-state index in [1.165, 1.54) is 0 Å². The highest BCUT2D eigenvalue weighted by Crippen LogP contribution is 2.37. The topological polar surface area (TPSA) is 51.5 Å². The minimum absolute atomic E-state index is 0.0517. The minimum Gasteiger partial charge on any atom is -0.482 e. The molecular weight excluding hydrogens is 302 g/mol. The van der Waals surface area contributed by atoms with Crippen LogP contribution < -0.4 is 10.3 Å². The molecule has 1 aromatic heterocycles. The molecule has 0 bridgehead atoms. The lowest BCUT2D eigenvalue weighted by molar-refractivity contribution is 0.0711. The van der Waals surface area contributed by atoms with Gasteiger partial charge in [-0.2, -0.15) is 0 Å². The van der Waals surface area contributed by atoms with E-state index in [9.17, 15) is 9.90 Å². The number of aliphatic hydroxyl groups is 1. The molecule has 0 saturated heterocycles. The summed E-state index contributed by atoms with van der Waals surface area (Å²) in [7, 11) is 1.78. The Bertz CT molecular complexity index is 850. The third-order valence-corrected chi connectivity index (χ3v) is 4.93. The number of aryl methyl sites for hydroxylation is 1. The van der Waals surface area contributed by atoms with Gasteiger partial charge >= 0.3 is 0 Å². The summed E-state index contributed by atoms with van der Waals surface area (Å²) in [4.78, 5) is 12.6. The normalized spacial score (nSPS) is 20.9. The average molecular weight is 327 g/mol. The van der Waals surface area contributed by atoms with Gasteiger partial charge in [0.05, 0.1) is 17.2 Å². The van der Waals surface area contributed by atoms with Gasteiger partial charge in [-0.25, -0.2) is 0 Å². The van der Waals surface area contributed by atoms with Crippen molar-refractivity contribution in [2.75, 3.05) is 0 Å². The van der Waals surface area contributed by atoms with E-state index in [0.29, 0.717) is 24.2 Å². The van der Waals surface area contributed by atoms with Crippen LogP contribution in [0.1, 0.15) is 39.2 Å². The summed E-state index contributed by atoms with van der Waals surface area (Å²) in [6.45, 7) is 6.03. The van der Waals surface area contributed by atoms with E-state index in [4.69, 9.17) is 4.74 Å². The maximum absolute atomic E-state index is 12.6. The van der Waals surface area contributed by atoms with Crippen molar-refractivity contribution in [2.45, 2.75) is 45.3 Å². The zero-order valence-electron chi connectivity index (χ0n) is 14.7. The molecule has 0 aliphatic carbocycles. The van der Waals surface area contributed by atoms with Crippen LogP contribution in [0.4, 0.5) is 0 Å². The number of benzene rings is 1. The van der Waals surface area contributed by atoms with Gasteiger partial charge in [-0.15, -0.1) is 0 Å². The Kier molecular flexibility index (Phi) is 4.26. The van der Waals surface area contributed by atoms with Crippen LogP contribution in [0.5, 0.6) is 5.75 Å². The van der Waals surface area contributed by atoms with Gasteiger partial charge in [0.25, 0.3) is 5.56 Å². The average Bonchev–Trinajstić information content (AvgIpc) is 2.57. The molecule has 0 unspecified atom stereocenters. The molecule has 128 valence electrons. The van der Waals surface area contributed by atoms with Crippen molar-refractivity contribution >= 4 is 17.0 Å². The first-order valence-corrected chi connectivity index (χ1v) is 8.50. The number of para-hydroxylation sites is 1. The fourth-order valence-corrected chi connectivity index (χ4v) is 3.18. The number of rotatable bonds is 4. The molecule has 1 aliphatic rings. The van der Waals surface area contributed by atoms with Crippen LogP contribution in [0.15, 0.2) is 35.1 Å². The van der Waals surface area contributed by atoms with Crippen LogP contribution in [0, 0.1) is 5.92 Å². The highest BCUT2D eigenvalue weighted by atomic mass is 16.5. The minimum atomic E-state index is -0.516. The van der Waals surface area contributed by atoms with Gasteiger partial charge in [0.2, 0.25) is 0 Å². The number of pyridine rings is 1. The van der Waals surface area contributed by atoms with Gasteiger partial charge in [0.15, 0.2) is 0 Å². The lowest BCUT2D eigenvalue weighted by Gasteiger charge is -2.33. The predicted octanol–water partition coefficient (Wildman–Crippen LogP) is 3.50. The van der Waals surface area contributed by atoms with Crippen LogP contribution in [0.3, 0.4) is 0 Å². The van der Waals surface area contributed by atoms with E-state index in [0.717, 1.165) is 10.9 Å². The van der Waals surface area contributed by atoms with Gasteiger partial charge < -0.3 is 14.4 Å². The summed E-state index contributed by atoms with van der Waals surface area (Å²) in [5.41, 5.74) is 0.890. The highest BCUT2D eigenvalue weighted by molar-refractivity contribution is 5.89. The summed E-state index contributed by atoms with van der Waals surface area (Å²) >= 11 is 0. The van der Waals surface area contributed by atoms with Gasteiger partial charge in [-0.05, 0) is 50.0 Å². The molecule has 1 aliphatic heterocycles. The Morgan fingerprint density at radius 2 is 2.00 bits per heavy atom. The molecule has 2 atom stereocenters. The zero-order chi connectivity index (χ0) is 17.5. The predicted molar refractivity (Wildman–Crippen MR) is 97.3 cm³/mol. The molecule has 1 aromatic carbocycles. The van der Waals surface area contributed by atoms with Crippen molar-refractivity contribution in [2.24, 2.45) is 13.0 Å². The number of hydrogen-bond donors (Lipinski definition) is 1. The van der Waals surface area contributed by atoms with Crippen LogP contribution in [0.25, 0.3) is 17.0 Å². The maximum Gasteiger partial charge on any atom is 0.261 e. The van der Waals surface area contributed by atoms with Crippen LogP contribution in [-0.4, -0.2) is 21.4 Å². The number of fused-ring (bicyclic) bond motifs is 3. The second kappa shape index (κ2) is 6.10. The molecule has 0 spiro atoms. The van der Waals surface area contributed by atoms with Crippen LogP contribution in [-0.2, 0) is 7.05 Å². The fourth-order valence-electron chi connectivity index (χ4n) is 3.18. The number of hydrogen-bond acceptors (Lipinski definition) is 3. The summed E-state index contributed by atoms with van der Waals surface area (Å²) < 4.78 is 7.95. The number of aromatic nitrogens is 1. The van der Waals surface area contributed by atoms with E-state index >= 15 is 0 Å². The zero-order valence-corrected chi connectivity index (χ0v) is 14.7. The van der Waals surface area contributed by atoms with Crippen molar-refractivity contribution in [3.63, 3.8) is 0 Å².